The van der Waals surface area contributed by atoms with E-state index < -0.39 is 0 Å². The molecule has 0 spiro atoms. The molecule has 0 N–H and O–H groups in total. The molecular formula is C25H23ClN4O2S2. The maximum absolute atomic E-state index is 13.5. The first-order valence-electron chi connectivity index (χ1n) is 11.2. The van der Waals surface area contributed by atoms with E-state index in [-0.39, 0.29) is 18.0 Å². The molecule has 3 aromatic rings. The third-order valence-corrected chi connectivity index (χ3v) is 7.89. The van der Waals surface area contributed by atoms with Crippen LogP contribution in [0.4, 0.5) is 5.82 Å². The molecule has 174 valence electrons. The minimum absolute atomic E-state index is 0.199. The summed E-state index contributed by atoms with van der Waals surface area (Å²) in [6.45, 7) is 4.14. The van der Waals surface area contributed by atoms with Gasteiger partial charge in [-0.05, 0) is 48.6 Å². The minimum Gasteiger partial charge on any atom is -0.356 e. The van der Waals surface area contributed by atoms with Crippen molar-refractivity contribution in [3.8, 4) is 0 Å². The lowest BCUT2D eigenvalue weighted by Crippen LogP contribution is -2.37. The molecule has 0 bridgehead atoms. The maximum atomic E-state index is 13.5. The van der Waals surface area contributed by atoms with Gasteiger partial charge in [0.15, 0.2) is 0 Å². The van der Waals surface area contributed by atoms with Gasteiger partial charge in [0.05, 0.1) is 17.0 Å². The molecule has 2 aliphatic rings. The quantitative estimate of drug-likeness (QED) is 0.364. The molecule has 34 heavy (non-hydrogen) atoms. The molecule has 2 aliphatic heterocycles. The molecule has 2 saturated heterocycles. The van der Waals surface area contributed by atoms with Crippen molar-refractivity contribution < 1.29 is 4.79 Å². The Bertz CT molecular complexity index is 1390. The zero-order valence-corrected chi connectivity index (χ0v) is 21.0. The molecule has 9 heteroatoms. The van der Waals surface area contributed by atoms with Gasteiger partial charge in [-0.25, -0.2) is 4.98 Å². The molecule has 2 fully saturated rings. The van der Waals surface area contributed by atoms with E-state index in [0.717, 1.165) is 31.5 Å². The summed E-state index contributed by atoms with van der Waals surface area (Å²) in [5.74, 6) is 0.899. The van der Waals surface area contributed by atoms with Crippen LogP contribution in [-0.4, -0.2) is 37.6 Å². The second kappa shape index (κ2) is 9.52. The molecule has 2 aromatic heterocycles. The number of carbonyl (C=O) groups excluding carboxylic acids is 1. The van der Waals surface area contributed by atoms with Gasteiger partial charge in [-0.2, -0.15) is 0 Å². The average molecular weight is 511 g/mol. The lowest BCUT2D eigenvalue weighted by atomic mass is 10.00. The minimum atomic E-state index is -0.231. The van der Waals surface area contributed by atoms with E-state index in [2.05, 4.69) is 11.8 Å². The van der Waals surface area contributed by atoms with Crippen LogP contribution in [0.25, 0.3) is 11.7 Å². The number of benzene rings is 1. The van der Waals surface area contributed by atoms with Crippen LogP contribution in [0.5, 0.6) is 0 Å². The van der Waals surface area contributed by atoms with Crippen molar-refractivity contribution in [2.75, 3.05) is 18.0 Å². The van der Waals surface area contributed by atoms with E-state index in [1.807, 2.05) is 30.3 Å². The maximum Gasteiger partial charge on any atom is 0.267 e. The lowest BCUT2D eigenvalue weighted by molar-refractivity contribution is -0.122. The van der Waals surface area contributed by atoms with E-state index in [4.69, 9.17) is 28.8 Å². The van der Waals surface area contributed by atoms with Crippen LogP contribution < -0.4 is 10.5 Å². The number of hydrogen-bond acceptors (Lipinski definition) is 6. The highest BCUT2D eigenvalue weighted by atomic mass is 35.5. The van der Waals surface area contributed by atoms with Gasteiger partial charge in [0.1, 0.15) is 15.8 Å². The molecule has 0 aliphatic carbocycles. The smallest absolute Gasteiger partial charge is 0.267 e. The molecular weight excluding hydrogens is 488 g/mol. The number of halogens is 1. The number of aromatic nitrogens is 2. The van der Waals surface area contributed by atoms with E-state index in [1.165, 1.54) is 21.1 Å². The summed E-state index contributed by atoms with van der Waals surface area (Å²) < 4.78 is 1.96. The normalized spacial score (nSPS) is 20.1. The van der Waals surface area contributed by atoms with Gasteiger partial charge in [0.2, 0.25) is 0 Å². The molecule has 1 atom stereocenters. The van der Waals surface area contributed by atoms with Crippen LogP contribution in [0.2, 0.25) is 5.02 Å². The average Bonchev–Trinajstić information content (AvgIpc) is 3.09. The fourth-order valence-electron chi connectivity index (χ4n) is 4.40. The van der Waals surface area contributed by atoms with Crippen LogP contribution in [0.15, 0.2) is 58.4 Å². The first-order valence-corrected chi connectivity index (χ1v) is 12.8. The van der Waals surface area contributed by atoms with E-state index >= 15 is 0 Å². The Labute approximate surface area is 212 Å². The Morgan fingerprint density at radius 1 is 1.21 bits per heavy atom. The molecule has 6 nitrogen and oxygen atoms in total. The first-order chi connectivity index (χ1) is 16.4. The molecule has 5 rings (SSSR count). The fourth-order valence-corrected chi connectivity index (χ4v) is 5.84. The van der Waals surface area contributed by atoms with Gasteiger partial charge in [-0.3, -0.25) is 18.9 Å². The summed E-state index contributed by atoms with van der Waals surface area (Å²) in [4.78, 5) is 35.8. The van der Waals surface area contributed by atoms with Gasteiger partial charge >= 0.3 is 0 Å². The van der Waals surface area contributed by atoms with Crippen LogP contribution in [0.1, 0.15) is 30.9 Å². The number of piperidine rings is 1. The molecule has 0 radical (unpaired) electrons. The summed E-state index contributed by atoms with van der Waals surface area (Å²) in [7, 11) is 0. The lowest BCUT2D eigenvalue weighted by Gasteiger charge is -2.32. The topological polar surface area (TPSA) is 57.9 Å². The summed E-state index contributed by atoms with van der Waals surface area (Å²) in [5.41, 5.74) is 1.62. The zero-order valence-electron chi connectivity index (χ0n) is 18.6. The number of anilines is 1. The number of nitrogens with zero attached hydrogens (tertiary/aromatic N) is 4. The Morgan fingerprint density at radius 2 is 2.00 bits per heavy atom. The van der Waals surface area contributed by atoms with Crippen molar-refractivity contribution in [1.82, 2.24) is 14.3 Å². The SMILES string of the molecule is CC1CCCN(c2nc3ccccn3c(=O)c2/C=C2/SC(=S)N(Cc3ccccc3Cl)C2=O)C1. The number of carbonyl (C=O) groups is 1. The highest BCUT2D eigenvalue weighted by Gasteiger charge is 2.33. The summed E-state index contributed by atoms with van der Waals surface area (Å²) in [5, 5.41) is 0.582. The van der Waals surface area contributed by atoms with Crippen molar-refractivity contribution in [2.24, 2.45) is 5.92 Å². The Hall–Kier alpha value is -2.68. The summed E-state index contributed by atoms with van der Waals surface area (Å²) in [6.07, 6.45) is 5.55. The molecule has 0 saturated carbocycles. The van der Waals surface area contributed by atoms with Gasteiger partial charge < -0.3 is 4.90 Å². The predicted molar refractivity (Wildman–Crippen MR) is 142 cm³/mol. The van der Waals surface area contributed by atoms with Gasteiger partial charge in [-0.15, -0.1) is 0 Å². The fraction of sp³-hybridized carbons (Fsp3) is 0.280. The number of pyridine rings is 1. The largest absolute Gasteiger partial charge is 0.356 e. The second-order valence-electron chi connectivity index (χ2n) is 8.64. The number of thiocarbonyl (C=S) groups is 1. The third kappa shape index (κ3) is 4.37. The highest BCUT2D eigenvalue weighted by Crippen LogP contribution is 2.35. The number of hydrogen-bond donors (Lipinski definition) is 0. The third-order valence-electron chi connectivity index (χ3n) is 6.14. The Kier molecular flexibility index (Phi) is 6.46. The van der Waals surface area contributed by atoms with Crippen molar-refractivity contribution in [2.45, 2.75) is 26.3 Å². The van der Waals surface area contributed by atoms with Gasteiger partial charge in [0, 0.05) is 24.3 Å². The van der Waals surface area contributed by atoms with E-state index in [1.54, 1.807) is 24.4 Å². The van der Waals surface area contributed by atoms with Gasteiger partial charge in [0.25, 0.3) is 11.5 Å². The molecule has 1 unspecified atom stereocenters. The summed E-state index contributed by atoms with van der Waals surface area (Å²) in [6, 6.07) is 12.9. The van der Waals surface area contributed by atoms with Crippen LogP contribution in [0, 0.1) is 5.92 Å². The van der Waals surface area contributed by atoms with E-state index in [0.29, 0.717) is 37.2 Å². The molecule has 1 aromatic carbocycles. The second-order valence-corrected chi connectivity index (χ2v) is 10.7. The first kappa shape index (κ1) is 23.1. The summed E-state index contributed by atoms with van der Waals surface area (Å²) >= 11 is 13.0. The molecule has 1 amide bonds. The van der Waals surface area contributed by atoms with Crippen molar-refractivity contribution in [1.29, 1.82) is 0 Å². The monoisotopic (exact) mass is 510 g/mol. The highest BCUT2D eigenvalue weighted by molar-refractivity contribution is 8.26. The standard InChI is InChI=1S/C25H23ClN4O2S2/c1-16-7-6-11-28(14-16)22-18(23(31)29-12-5-4-10-21(29)27-22)13-20-24(32)30(25(33)34-20)15-17-8-2-3-9-19(17)26/h2-5,8-10,12-13,16H,6-7,11,14-15H2,1H3/b20-13+. The van der Waals surface area contributed by atoms with E-state index in [9.17, 15) is 9.59 Å². The van der Waals surface area contributed by atoms with Gasteiger partial charge in [-0.1, -0.05) is 66.8 Å². The van der Waals surface area contributed by atoms with Crippen molar-refractivity contribution in [3.05, 3.63) is 80.1 Å². The van der Waals surface area contributed by atoms with Crippen molar-refractivity contribution >= 4 is 63.3 Å². The zero-order chi connectivity index (χ0) is 23.8. The van der Waals surface area contributed by atoms with Crippen LogP contribution in [-0.2, 0) is 11.3 Å². The number of fused-ring (bicyclic) bond motifs is 1. The van der Waals surface area contributed by atoms with Crippen LogP contribution >= 0.6 is 35.6 Å². The molecule has 4 heterocycles. The number of thioether (sulfide) groups is 1. The Morgan fingerprint density at radius 3 is 2.79 bits per heavy atom. The predicted octanol–water partition coefficient (Wildman–Crippen LogP) is 4.99. The number of amides is 1. The van der Waals surface area contributed by atoms with Crippen LogP contribution in [0.3, 0.4) is 0 Å². The van der Waals surface area contributed by atoms with Crippen molar-refractivity contribution in [3.63, 3.8) is 0 Å². The Balaban J connectivity index is 1.56. The number of rotatable bonds is 4.